The monoisotopic (exact) mass is 413 g/mol. The molecule has 0 unspecified atom stereocenters. The SMILES string of the molecule is CCCCN(C)C(=O)CN1N=C(c2nc(-c3ccc4c(c3)OCO4)no2)CCC1=O. The van der Waals surface area contributed by atoms with Gasteiger partial charge >= 0.3 is 0 Å². The molecule has 0 aliphatic carbocycles. The van der Waals surface area contributed by atoms with Crippen molar-refractivity contribution in [2.45, 2.75) is 32.6 Å². The number of aromatic nitrogens is 2. The maximum atomic E-state index is 12.4. The van der Waals surface area contributed by atoms with E-state index >= 15 is 0 Å². The van der Waals surface area contributed by atoms with Crippen LogP contribution in [0.15, 0.2) is 27.8 Å². The molecule has 0 radical (unpaired) electrons. The predicted octanol–water partition coefficient (Wildman–Crippen LogP) is 2.05. The maximum absolute atomic E-state index is 12.4. The zero-order chi connectivity index (χ0) is 21.1. The van der Waals surface area contributed by atoms with Crippen molar-refractivity contribution in [2.24, 2.45) is 5.10 Å². The number of hydrazone groups is 1. The van der Waals surface area contributed by atoms with Crippen molar-refractivity contribution in [1.29, 1.82) is 0 Å². The van der Waals surface area contributed by atoms with Gasteiger partial charge in [-0.15, -0.1) is 0 Å². The molecule has 3 heterocycles. The van der Waals surface area contributed by atoms with Crippen molar-refractivity contribution in [1.82, 2.24) is 20.0 Å². The van der Waals surface area contributed by atoms with Crippen molar-refractivity contribution in [3.8, 4) is 22.9 Å². The summed E-state index contributed by atoms with van der Waals surface area (Å²) in [4.78, 5) is 30.6. The van der Waals surface area contributed by atoms with Crippen LogP contribution in [0.3, 0.4) is 0 Å². The molecule has 10 nitrogen and oxygen atoms in total. The molecule has 2 aliphatic rings. The van der Waals surface area contributed by atoms with Crippen LogP contribution in [-0.2, 0) is 9.59 Å². The highest BCUT2D eigenvalue weighted by Gasteiger charge is 2.27. The predicted molar refractivity (Wildman–Crippen MR) is 106 cm³/mol. The van der Waals surface area contributed by atoms with Crippen molar-refractivity contribution in [2.75, 3.05) is 26.9 Å². The fraction of sp³-hybridized carbons (Fsp3) is 0.450. The van der Waals surface area contributed by atoms with Gasteiger partial charge in [0, 0.05) is 32.0 Å². The van der Waals surface area contributed by atoms with E-state index in [1.165, 1.54) is 5.01 Å². The Labute approximate surface area is 173 Å². The maximum Gasteiger partial charge on any atom is 0.274 e. The van der Waals surface area contributed by atoms with Crippen LogP contribution in [0.2, 0.25) is 0 Å². The number of nitrogens with zero attached hydrogens (tertiary/aromatic N) is 5. The average molecular weight is 413 g/mol. The van der Waals surface area contributed by atoms with Gasteiger partial charge in [-0.1, -0.05) is 18.5 Å². The van der Waals surface area contributed by atoms with Gasteiger partial charge in [0.25, 0.3) is 5.89 Å². The highest BCUT2D eigenvalue weighted by atomic mass is 16.7. The van der Waals surface area contributed by atoms with Crippen LogP contribution < -0.4 is 9.47 Å². The molecule has 0 saturated heterocycles. The van der Waals surface area contributed by atoms with Crippen LogP contribution in [-0.4, -0.2) is 64.5 Å². The molecule has 0 fully saturated rings. The van der Waals surface area contributed by atoms with Gasteiger partial charge in [-0.2, -0.15) is 10.1 Å². The van der Waals surface area contributed by atoms with Gasteiger partial charge in [0.1, 0.15) is 12.3 Å². The molecule has 10 heteroatoms. The third-order valence-electron chi connectivity index (χ3n) is 4.97. The number of likely N-dealkylation sites (N-methyl/N-ethyl adjacent to an activating group) is 1. The molecule has 2 amide bonds. The van der Waals surface area contributed by atoms with E-state index in [0.29, 0.717) is 41.6 Å². The van der Waals surface area contributed by atoms with E-state index in [1.807, 2.05) is 6.07 Å². The highest BCUT2D eigenvalue weighted by Crippen LogP contribution is 2.35. The van der Waals surface area contributed by atoms with Crippen molar-refractivity contribution in [3.63, 3.8) is 0 Å². The standard InChI is InChI=1S/C20H23N5O5/c1-3-4-9-24(2)18(27)11-25-17(26)8-6-14(22-25)20-21-19(23-30-20)13-5-7-15-16(10-13)29-12-28-15/h5,7,10H,3-4,6,8-9,11-12H2,1-2H3. The number of ether oxygens (including phenoxy) is 2. The summed E-state index contributed by atoms with van der Waals surface area (Å²) >= 11 is 0. The van der Waals surface area contributed by atoms with Crippen LogP contribution in [0.1, 0.15) is 38.5 Å². The zero-order valence-corrected chi connectivity index (χ0v) is 17.0. The number of carbonyl (C=O) groups is 2. The lowest BCUT2D eigenvalue weighted by atomic mass is 10.1. The first-order valence-corrected chi connectivity index (χ1v) is 9.91. The molecule has 0 N–H and O–H groups in total. The van der Waals surface area contributed by atoms with E-state index in [2.05, 4.69) is 22.2 Å². The normalized spacial score (nSPS) is 15.3. The molecule has 4 rings (SSSR count). The third kappa shape index (κ3) is 4.12. The number of hydrogen-bond donors (Lipinski definition) is 0. The lowest BCUT2D eigenvalue weighted by Crippen LogP contribution is -2.41. The number of carbonyl (C=O) groups excluding carboxylic acids is 2. The minimum atomic E-state index is -0.202. The van der Waals surface area contributed by atoms with E-state index < -0.39 is 0 Å². The van der Waals surface area contributed by atoms with Crippen molar-refractivity contribution in [3.05, 3.63) is 24.1 Å². The molecular weight excluding hydrogens is 390 g/mol. The molecule has 30 heavy (non-hydrogen) atoms. The van der Waals surface area contributed by atoms with Crippen LogP contribution in [0.5, 0.6) is 11.5 Å². The van der Waals surface area contributed by atoms with Gasteiger partial charge in [-0.05, 0) is 24.6 Å². The van der Waals surface area contributed by atoms with E-state index in [4.69, 9.17) is 14.0 Å². The van der Waals surface area contributed by atoms with E-state index in [-0.39, 0.29) is 37.5 Å². The van der Waals surface area contributed by atoms with Crippen LogP contribution in [0, 0.1) is 0 Å². The Morgan fingerprint density at radius 1 is 1.23 bits per heavy atom. The summed E-state index contributed by atoms with van der Waals surface area (Å²) in [7, 11) is 1.73. The topological polar surface area (TPSA) is 110 Å². The Kier molecular flexibility index (Phi) is 5.64. The van der Waals surface area contributed by atoms with Gasteiger partial charge in [-0.25, -0.2) is 5.01 Å². The zero-order valence-electron chi connectivity index (χ0n) is 17.0. The summed E-state index contributed by atoms with van der Waals surface area (Å²) < 4.78 is 16.1. The minimum absolute atomic E-state index is 0.105. The lowest BCUT2D eigenvalue weighted by molar-refractivity contribution is -0.140. The average Bonchev–Trinajstić information content (AvgIpc) is 3.42. The summed E-state index contributed by atoms with van der Waals surface area (Å²) in [6.45, 7) is 2.79. The lowest BCUT2D eigenvalue weighted by Gasteiger charge is -2.24. The second-order valence-electron chi connectivity index (χ2n) is 7.16. The molecular formula is C20H23N5O5. The summed E-state index contributed by atoms with van der Waals surface area (Å²) in [5.41, 5.74) is 1.20. The Balaban J connectivity index is 1.49. The largest absolute Gasteiger partial charge is 0.454 e. The fourth-order valence-electron chi connectivity index (χ4n) is 3.14. The summed E-state index contributed by atoms with van der Waals surface area (Å²) in [5.74, 6) is 1.54. The number of amides is 2. The first-order valence-electron chi connectivity index (χ1n) is 9.91. The van der Waals surface area contributed by atoms with Crippen LogP contribution in [0.4, 0.5) is 0 Å². The first kappa shape index (κ1) is 19.9. The van der Waals surface area contributed by atoms with E-state index in [1.54, 1.807) is 24.1 Å². The molecule has 0 spiro atoms. The molecule has 1 aromatic heterocycles. The molecule has 158 valence electrons. The number of benzene rings is 1. The summed E-state index contributed by atoms with van der Waals surface area (Å²) in [5, 5.41) is 9.51. The second-order valence-corrected chi connectivity index (χ2v) is 7.16. The Morgan fingerprint density at radius 3 is 2.90 bits per heavy atom. The minimum Gasteiger partial charge on any atom is -0.454 e. The summed E-state index contributed by atoms with van der Waals surface area (Å²) in [6, 6.07) is 5.37. The van der Waals surface area contributed by atoms with Crippen LogP contribution in [0.25, 0.3) is 11.4 Å². The Hall–Kier alpha value is -3.43. The number of hydrogen-bond acceptors (Lipinski definition) is 8. The van der Waals surface area contributed by atoms with E-state index in [0.717, 1.165) is 12.8 Å². The van der Waals surface area contributed by atoms with Gasteiger partial charge in [0.15, 0.2) is 11.5 Å². The molecule has 2 aromatic rings. The molecule has 0 bridgehead atoms. The highest BCUT2D eigenvalue weighted by molar-refractivity contribution is 6.01. The van der Waals surface area contributed by atoms with Gasteiger partial charge in [-0.3, -0.25) is 9.59 Å². The first-order chi connectivity index (χ1) is 14.5. The summed E-state index contributed by atoms with van der Waals surface area (Å²) in [6.07, 6.45) is 2.51. The van der Waals surface area contributed by atoms with Gasteiger partial charge in [0.2, 0.25) is 24.4 Å². The van der Waals surface area contributed by atoms with Gasteiger partial charge in [0.05, 0.1) is 0 Å². The molecule has 0 saturated carbocycles. The smallest absolute Gasteiger partial charge is 0.274 e. The Morgan fingerprint density at radius 2 is 2.07 bits per heavy atom. The van der Waals surface area contributed by atoms with Crippen LogP contribution >= 0.6 is 0 Å². The number of unbranched alkanes of at least 4 members (excludes halogenated alkanes) is 1. The van der Waals surface area contributed by atoms with Gasteiger partial charge < -0.3 is 18.9 Å². The molecule has 1 aromatic carbocycles. The second kappa shape index (κ2) is 8.52. The molecule has 2 aliphatic heterocycles. The fourth-order valence-corrected chi connectivity index (χ4v) is 3.14. The number of rotatable bonds is 7. The van der Waals surface area contributed by atoms with Crippen molar-refractivity contribution < 1.29 is 23.6 Å². The number of fused-ring (bicyclic) bond motifs is 1. The molecule has 0 atom stereocenters. The quantitative estimate of drug-likeness (QED) is 0.683. The van der Waals surface area contributed by atoms with E-state index in [9.17, 15) is 9.59 Å². The Bertz CT molecular complexity index is 986. The third-order valence-corrected chi connectivity index (χ3v) is 4.97. The van der Waals surface area contributed by atoms with Crippen molar-refractivity contribution >= 4 is 17.5 Å².